The lowest BCUT2D eigenvalue weighted by Crippen LogP contribution is -2.27. The molecule has 0 bridgehead atoms. The van der Waals surface area contributed by atoms with Crippen LogP contribution in [0.1, 0.15) is 11.5 Å². The maximum absolute atomic E-state index is 11.9. The number of hydrogen-bond acceptors (Lipinski definition) is 5. The maximum Gasteiger partial charge on any atom is 0.266 e. The summed E-state index contributed by atoms with van der Waals surface area (Å²) in [4.78, 5) is 16.0. The molecule has 0 aliphatic heterocycles. The van der Waals surface area contributed by atoms with E-state index in [0.717, 1.165) is 6.42 Å². The van der Waals surface area contributed by atoms with Crippen molar-refractivity contribution in [3.63, 3.8) is 0 Å². The Morgan fingerprint density at radius 3 is 2.65 bits per heavy atom. The number of amides is 1. The van der Waals surface area contributed by atoms with Crippen LogP contribution in [0.4, 0.5) is 0 Å². The first-order valence-electron chi connectivity index (χ1n) is 7.35. The van der Waals surface area contributed by atoms with Crippen LogP contribution in [0.15, 0.2) is 59.1 Å². The Kier molecular flexibility index (Phi) is 4.73. The van der Waals surface area contributed by atoms with Gasteiger partial charge < -0.3 is 9.73 Å². The lowest BCUT2D eigenvalue weighted by molar-refractivity contribution is -0.120. The van der Waals surface area contributed by atoms with Gasteiger partial charge in [0, 0.05) is 12.7 Å². The first-order valence-corrected chi connectivity index (χ1v) is 7.35. The quantitative estimate of drug-likeness (QED) is 0.753. The molecule has 116 valence electrons. The van der Waals surface area contributed by atoms with Gasteiger partial charge in [0.1, 0.15) is 12.1 Å². The Morgan fingerprint density at radius 2 is 1.87 bits per heavy atom. The summed E-state index contributed by atoms with van der Waals surface area (Å²) in [5.74, 6) is 0.456. The predicted octanol–water partition coefficient (Wildman–Crippen LogP) is 2.03. The van der Waals surface area contributed by atoms with Gasteiger partial charge in [0.2, 0.25) is 11.8 Å². The molecule has 1 N–H and O–H groups in total. The van der Waals surface area contributed by atoms with Crippen LogP contribution in [-0.2, 0) is 17.6 Å². The number of aromatic nitrogens is 3. The fourth-order valence-corrected chi connectivity index (χ4v) is 2.11. The van der Waals surface area contributed by atoms with Gasteiger partial charge in [-0.2, -0.15) is 0 Å². The van der Waals surface area contributed by atoms with E-state index < -0.39 is 0 Å². The third-order valence-corrected chi connectivity index (χ3v) is 3.24. The summed E-state index contributed by atoms with van der Waals surface area (Å²) in [5, 5.41) is 10.6. The lowest BCUT2D eigenvalue weighted by Gasteiger charge is -2.03. The van der Waals surface area contributed by atoms with Crippen LogP contribution in [0, 0.1) is 0 Å². The van der Waals surface area contributed by atoms with Crippen LogP contribution in [-0.4, -0.2) is 27.6 Å². The molecule has 0 saturated heterocycles. The zero-order valence-electron chi connectivity index (χ0n) is 12.5. The Morgan fingerprint density at radius 1 is 1.04 bits per heavy atom. The van der Waals surface area contributed by atoms with E-state index in [4.69, 9.17) is 4.42 Å². The third kappa shape index (κ3) is 4.23. The largest absolute Gasteiger partial charge is 0.419 e. The number of hydrogen-bond donors (Lipinski definition) is 1. The molecule has 3 rings (SSSR count). The second-order valence-electron chi connectivity index (χ2n) is 4.98. The Labute approximate surface area is 133 Å². The predicted molar refractivity (Wildman–Crippen MR) is 84.4 cm³/mol. The van der Waals surface area contributed by atoms with Crippen molar-refractivity contribution in [2.75, 3.05) is 6.54 Å². The topological polar surface area (TPSA) is 80.9 Å². The minimum absolute atomic E-state index is 0.0641. The molecule has 0 fully saturated rings. The second kappa shape index (κ2) is 7.31. The molecule has 6 nitrogen and oxygen atoms in total. The van der Waals surface area contributed by atoms with E-state index in [2.05, 4.69) is 20.5 Å². The summed E-state index contributed by atoms with van der Waals surface area (Å²) < 4.78 is 5.46. The standard InChI is InChI=1S/C17H16N4O2/c22-15(19-11-9-13-6-2-1-3-7-13)12-16-20-21-17(23-16)14-8-4-5-10-18-14/h1-8,10H,9,11-12H2,(H,19,22). The average Bonchev–Trinajstić information content (AvgIpc) is 3.05. The summed E-state index contributed by atoms with van der Waals surface area (Å²) in [5.41, 5.74) is 1.78. The summed E-state index contributed by atoms with van der Waals surface area (Å²) in [7, 11) is 0. The number of carbonyl (C=O) groups is 1. The monoisotopic (exact) mass is 308 g/mol. The smallest absolute Gasteiger partial charge is 0.266 e. The fourth-order valence-electron chi connectivity index (χ4n) is 2.11. The van der Waals surface area contributed by atoms with Crippen molar-refractivity contribution in [2.24, 2.45) is 0 Å². The molecule has 0 atom stereocenters. The molecule has 23 heavy (non-hydrogen) atoms. The number of benzene rings is 1. The van der Waals surface area contributed by atoms with Crippen LogP contribution in [0.2, 0.25) is 0 Å². The van der Waals surface area contributed by atoms with E-state index in [1.165, 1.54) is 5.56 Å². The fraction of sp³-hybridized carbons (Fsp3) is 0.176. The summed E-state index contributed by atoms with van der Waals surface area (Å²) >= 11 is 0. The van der Waals surface area contributed by atoms with E-state index in [9.17, 15) is 4.79 Å². The summed E-state index contributed by atoms with van der Waals surface area (Å²) in [6, 6.07) is 15.4. The van der Waals surface area contributed by atoms with Crippen molar-refractivity contribution < 1.29 is 9.21 Å². The van der Waals surface area contributed by atoms with Gasteiger partial charge in [-0.3, -0.25) is 9.78 Å². The molecule has 2 aromatic heterocycles. The van der Waals surface area contributed by atoms with Crippen molar-refractivity contribution in [3.05, 3.63) is 66.2 Å². The van der Waals surface area contributed by atoms with E-state index in [1.807, 2.05) is 36.4 Å². The van der Waals surface area contributed by atoms with Crippen molar-refractivity contribution in [2.45, 2.75) is 12.8 Å². The Bertz CT molecular complexity index is 757. The van der Waals surface area contributed by atoms with Gasteiger partial charge in [0.05, 0.1) is 0 Å². The van der Waals surface area contributed by atoms with Crippen molar-refractivity contribution >= 4 is 5.91 Å². The van der Waals surface area contributed by atoms with Gasteiger partial charge >= 0.3 is 0 Å². The number of carbonyl (C=O) groups excluding carboxylic acids is 1. The molecule has 1 amide bonds. The summed E-state index contributed by atoms with van der Waals surface area (Å²) in [6.07, 6.45) is 2.50. The number of nitrogens with one attached hydrogen (secondary N) is 1. The maximum atomic E-state index is 11.9. The van der Waals surface area contributed by atoms with E-state index in [0.29, 0.717) is 18.1 Å². The van der Waals surface area contributed by atoms with Gasteiger partial charge in [0.25, 0.3) is 5.89 Å². The number of nitrogens with zero attached hydrogens (tertiary/aromatic N) is 3. The number of pyridine rings is 1. The van der Waals surface area contributed by atoms with Gasteiger partial charge in [-0.15, -0.1) is 10.2 Å². The van der Waals surface area contributed by atoms with E-state index in [1.54, 1.807) is 18.3 Å². The van der Waals surface area contributed by atoms with Crippen molar-refractivity contribution in [1.29, 1.82) is 0 Å². The van der Waals surface area contributed by atoms with Crippen molar-refractivity contribution in [3.8, 4) is 11.6 Å². The highest BCUT2D eigenvalue weighted by molar-refractivity contribution is 5.77. The second-order valence-corrected chi connectivity index (χ2v) is 4.98. The molecule has 0 spiro atoms. The third-order valence-electron chi connectivity index (χ3n) is 3.24. The highest BCUT2D eigenvalue weighted by atomic mass is 16.4. The SMILES string of the molecule is O=C(Cc1nnc(-c2ccccn2)o1)NCCc1ccccc1. The summed E-state index contributed by atoms with van der Waals surface area (Å²) in [6.45, 7) is 0.573. The molecule has 0 radical (unpaired) electrons. The van der Waals surface area contributed by atoms with Gasteiger partial charge in [-0.05, 0) is 24.1 Å². The van der Waals surface area contributed by atoms with Crippen LogP contribution >= 0.6 is 0 Å². The van der Waals surface area contributed by atoms with Gasteiger partial charge in [0.15, 0.2) is 0 Å². The zero-order valence-corrected chi connectivity index (χ0v) is 12.5. The normalized spacial score (nSPS) is 10.4. The molecule has 0 unspecified atom stereocenters. The first-order chi connectivity index (χ1) is 11.3. The molecule has 2 heterocycles. The molecule has 6 heteroatoms. The van der Waals surface area contributed by atoms with Crippen LogP contribution in [0.25, 0.3) is 11.6 Å². The lowest BCUT2D eigenvalue weighted by atomic mass is 10.1. The van der Waals surface area contributed by atoms with Crippen molar-refractivity contribution in [1.82, 2.24) is 20.5 Å². The molecule has 0 aliphatic carbocycles. The molecular formula is C17H16N4O2. The molecule has 0 saturated carbocycles. The van der Waals surface area contributed by atoms with E-state index in [-0.39, 0.29) is 18.2 Å². The Hall–Kier alpha value is -3.02. The van der Waals surface area contributed by atoms with Crippen LogP contribution in [0.3, 0.4) is 0 Å². The van der Waals surface area contributed by atoms with Gasteiger partial charge in [-0.1, -0.05) is 36.4 Å². The number of rotatable bonds is 6. The highest BCUT2D eigenvalue weighted by Gasteiger charge is 2.12. The molecular weight excluding hydrogens is 292 g/mol. The van der Waals surface area contributed by atoms with Crippen LogP contribution in [0.5, 0.6) is 0 Å². The minimum Gasteiger partial charge on any atom is -0.419 e. The zero-order chi connectivity index (χ0) is 15.9. The molecule has 0 aliphatic rings. The minimum atomic E-state index is -0.142. The average molecular weight is 308 g/mol. The van der Waals surface area contributed by atoms with E-state index >= 15 is 0 Å². The Balaban J connectivity index is 1.49. The van der Waals surface area contributed by atoms with Crippen LogP contribution < -0.4 is 5.32 Å². The highest BCUT2D eigenvalue weighted by Crippen LogP contribution is 2.14. The molecule has 1 aromatic carbocycles. The first kappa shape index (κ1) is 14.9. The van der Waals surface area contributed by atoms with Gasteiger partial charge in [-0.25, -0.2) is 0 Å². The molecule has 3 aromatic rings.